The van der Waals surface area contributed by atoms with E-state index in [-0.39, 0.29) is 17.2 Å². The number of nitrogens with one attached hydrogen (secondary N) is 1. The monoisotopic (exact) mass is 233 g/mol. The fourth-order valence-electron chi connectivity index (χ4n) is 1.90. The van der Waals surface area contributed by atoms with Crippen LogP contribution in [0.15, 0.2) is 30.3 Å². The van der Waals surface area contributed by atoms with Crippen molar-refractivity contribution in [2.24, 2.45) is 5.41 Å². The van der Waals surface area contributed by atoms with E-state index < -0.39 is 0 Å². The first kappa shape index (κ1) is 12.1. The van der Waals surface area contributed by atoms with Gasteiger partial charge in [-0.2, -0.15) is 0 Å². The Hall–Kier alpha value is -1.35. The van der Waals surface area contributed by atoms with E-state index in [1.807, 2.05) is 37.3 Å². The summed E-state index contributed by atoms with van der Waals surface area (Å²) in [6, 6.07) is 9.85. The van der Waals surface area contributed by atoms with Gasteiger partial charge in [0.1, 0.15) is 0 Å². The number of carbonyl (C=O) groups excluding carboxylic acids is 1. The summed E-state index contributed by atoms with van der Waals surface area (Å²) in [5.41, 5.74) is 1.19. The standard InChI is InChI=1S/C14H19NO2/c1-11(12-6-4-3-5-7-12)13(16)15-8-14(2)9-17-10-14/h3-7,11H,8-10H2,1-2H3,(H,15,16). The Balaban J connectivity index is 1.87. The average Bonchev–Trinajstić information content (AvgIpc) is 2.33. The van der Waals surface area contributed by atoms with Crippen LogP contribution in [0.1, 0.15) is 25.3 Å². The minimum atomic E-state index is -0.0965. The van der Waals surface area contributed by atoms with Crippen LogP contribution >= 0.6 is 0 Å². The fraction of sp³-hybridized carbons (Fsp3) is 0.500. The van der Waals surface area contributed by atoms with Crippen molar-refractivity contribution in [2.45, 2.75) is 19.8 Å². The summed E-state index contributed by atoms with van der Waals surface area (Å²) >= 11 is 0. The van der Waals surface area contributed by atoms with E-state index >= 15 is 0 Å². The van der Waals surface area contributed by atoms with Crippen molar-refractivity contribution in [2.75, 3.05) is 19.8 Å². The van der Waals surface area contributed by atoms with Crippen LogP contribution < -0.4 is 5.32 Å². The molecule has 1 heterocycles. The van der Waals surface area contributed by atoms with Gasteiger partial charge >= 0.3 is 0 Å². The van der Waals surface area contributed by atoms with Gasteiger partial charge in [0.05, 0.1) is 19.1 Å². The Morgan fingerprint density at radius 1 is 1.41 bits per heavy atom. The van der Waals surface area contributed by atoms with E-state index in [1.165, 1.54) is 0 Å². The number of carbonyl (C=O) groups is 1. The molecule has 0 saturated carbocycles. The van der Waals surface area contributed by atoms with Gasteiger partial charge in [-0.15, -0.1) is 0 Å². The first-order chi connectivity index (χ1) is 8.11. The maximum Gasteiger partial charge on any atom is 0.227 e. The number of hydrogen-bond acceptors (Lipinski definition) is 2. The zero-order chi connectivity index (χ0) is 12.3. The van der Waals surface area contributed by atoms with Crippen molar-refractivity contribution in [3.05, 3.63) is 35.9 Å². The highest BCUT2D eigenvalue weighted by Crippen LogP contribution is 2.25. The summed E-state index contributed by atoms with van der Waals surface area (Å²) in [5.74, 6) is -0.00915. The van der Waals surface area contributed by atoms with Crippen LogP contribution in [0.3, 0.4) is 0 Å². The molecule has 0 bridgehead atoms. The maximum atomic E-state index is 12.0. The summed E-state index contributed by atoms with van der Waals surface area (Å²) in [7, 11) is 0. The molecular formula is C14H19NO2. The van der Waals surface area contributed by atoms with Gasteiger partial charge in [-0.3, -0.25) is 4.79 Å². The molecule has 0 aromatic heterocycles. The smallest absolute Gasteiger partial charge is 0.227 e. The normalized spacial score (nSPS) is 19.2. The highest BCUT2D eigenvalue weighted by molar-refractivity contribution is 5.83. The Bertz CT molecular complexity index is 384. The molecule has 1 amide bonds. The number of rotatable bonds is 4. The van der Waals surface area contributed by atoms with Crippen molar-refractivity contribution in [3.8, 4) is 0 Å². The minimum absolute atomic E-state index is 0.0873. The number of hydrogen-bond donors (Lipinski definition) is 1. The van der Waals surface area contributed by atoms with Crippen LogP contribution in [0, 0.1) is 5.41 Å². The van der Waals surface area contributed by atoms with E-state index in [1.54, 1.807) is 0 Å². The molecule has 0 spiro atoms. The molecule has 1 aliphatic heterocycles. The fourth-order valence-corrected chi connectivity index (χ4v) is 1.90. The highest BCUT2D eigenvalue weighted by atomic mass is 16.5. The van der Waals surface area contributed by atoms with Crippen molar-refractivity contribution in [1.29, 1.82) is 0 Å². The summed E-state index contributed by atoms with van der Waals surface area (Å²) in [6.07, 6.45) is 0. The van der Waals surface area contributed by atoms with E-state index in [9.17, 15) is 4.79 Å². The molecule has 17 heavy (non-hydrogen) atoms. The van der Waals surface area contributed by atoms with Crippen molar-refractivity contribution >= 4 is 5.91 Å². The van der Waals surface area contributed by atoms with Crippen LogP contribution in [0.25, 0.3) is 0 Å². The van der Waals surface area contributed by atoms with Crippen LogP contribution in [0.5, 0.6) is 0 Å². The third-order valence-electron chi connectivity index (χ3n) is 3.28. The van der Waals surface area contributed by atoms with Gasteiger partial charge in [0.2, 0.25) is 5.91 Å². The molecule has 3 heteroatoms. The molecule has 1 fully saturated rings. The molecule has 1 atom stereocenters. The molecule has 0 radical (unpaired) electrons. The molecule has 1 N–H and O–H groups in total. The molecule has 1 unspecified atom stereocenters. The third-order valence-corrected chi connectivity index (χ3v) is 3.28. The summed E-state index contributed by atoms with van der Waals surface area (Å²) in [5, 5.41) is 3.00. The second kappa shape index (κ2) is 4.88. The van der Waals surface area contributed by atoms with Gasteiger partial charge < -0.3 is 10.1 Å². The zero-order valence-electron chi connectivity index (χ0n) is 10.4. The van der Waals surface area contributed by atoms with Crippen LogP contribution in [-0.4, -0.2) is 25.7 Å². The molecule has 2 rings (SSSR count). The largest absolute Gasteiger partial charge is 0.380 e. The Labute approximate surface area is 102 Å². The second-order valence-corrected chi connectivity index (χ2v) is 5.15. The minimum Gasteiger partial charge on any atom is -0.380 e. The molecule has 3 nitrogen and oxygen atoms in total. The van der Waals surface area contributed by atoms with Crippen LogP contribution in [0.2, 0.25) is 0 Å². The molecule has 92 valence electrons. The van der Waals surface area contributed by atoms with Gasteiger partial charge in [0, 0.05) is 12.0 Å². The van der Waals surface area contributed by atoms with Crippen LogP contribution in [0.4, 0.5) is 0 Å². The van der Waals surface area contributed by atoms with E-state index in [2.05, 4.69) is 12.2 Å². The number of ether oxygens (including phenoxy) is 1. The molecule has 0 aliphatic carbocycles. The SMILES string of the molecule is CC(C(=O)NCC1(C)COC1)c1ccccc1. The van der Waals surface area contributed by atoms with Gasteiger partial charge in [-0.25, -0.2) is 0 Å². The van der Waals surface area contributed by atoms with Crippen molar-refractivity contribution in [1.82, 2.24) is 5.32 Å². The molecular weight excluding hydrogens is 214 g/mol. The van der Waals surface area contributed by atoms with Gasteiger partial charge in [0.25, 0.3) is 0 Å². The summed E-state index contributed by atoms with van der Waals surface area (Å²) in [6.45, 7) is 6.25. The predicted octanol–water partition coefficient (Wildman–Crippen LogP) is 1.94. The molecule has 1 saturated heterocycles. The third kappa shape index (κ3) is 2.86. The molecule has 1 aromatic carbocycles. The molecule has 1 aromatic rings. The van der Waals surface area contributed by atoms with Gasteiger partial charge in [-0.1, -0.05) is 37.3 Å². The number of amides is 1. The topological polar surface area (TPSA) is 38.3 Å². The number of benzene rings is 1. The lowest BCUT2D eigenvalue weighted by Crippen LogP contribution is -2.49. The Morgan fingerprint density at radius 3 is 2.59 bits per heavy atom. The summed E-state index contributed by atoms with van der Waals surface area (Å²) < 4.78 is 5.16. The quantitative estimate of drug-likeness (QED) is 0.863. The van der Waals surface area contributed by atoms with Crippen molar-refractivity contribution < 1.29 is 9.53 Å². The Morgan fingerprint density at radius 2 is 2.06 bits per heavy atom. The first-order valence-electron chi connectivity index (χ1n) is 6.01. The zero-order valence-corrected chi connectivity index (χ0v) is 10.4. The van der Waals surface area contributed by atoms with Gasteiger partial charge in [-0.05, 0) is 12.5 Å². The van der Waals surface area contributed by atoms with Gasteiger partial charge in [0.15, 0.2) is 0 Å². The maximum absolute atomic E-state index is 12.0. The lowest BCUT2D eigenvalue weighted by Gasteiger charge is -2.38. The average molecular weight is 233 g/mol. The summed E-state index contributed by atoms with van der Waals surface area (Å²) in [4.78, 5) is 12.0. The lowest BCUT2D eigenvalue weighted by molar-refractivity contribution is -0.127. The highest BCUT2D eigenvalue weighted by Gasteiger charge is 2.33. The van der Waals surface area contributed by atoms with E-state index in [4.69, 9.17) is 4.74 Å². The Kier molecular flexibility index (Phi) is 3.48. The van der Waals surface area contributed by atoms with E-state index in [0.29, 0.717) is 6.54 Å². The molecule has 1 aliphatic rings. The lowest BCUT2D eigenvalue weighted by atomic mass is 9.88. The second-order valence-electron chi connectivity index (χ2n) is 5.15. The predicted molar refractivity (Wildman–Crippen MR) is 66.8 cm³/mol. The first-order valence-corrected chi connectivity index (χ1v) is 6.01. The van der Waals surface area contributed by atoms with E-state index in [0.717, 1.165) is 18.8 Å². The van der Waals surface area contributed by atoms with Crippen LogP contribution in [-0.2, 0) is 9.53 Å². The van der Waals surface area contributed by atoms with Crippen molar-refractivity contribution in [3.63, 3.8) is 0 Å².